The van der Waals surface area contributed by atoms with Gasteiger partial charge in [-0.25, -0.2) is 9.07 Å². The van der Waals surface area contributed by atoms with Gasteiger partial charge in [0.2, 0.25) is 0 Å². The molecule has 6 heteroatoms. The Bertz CT molecular complexity index is 634. The molecule has 0 aliphatic rings. The Labute approximate surface area is 103 Å². The first-order valence-corrected chi connectivity index (χ1v) is 5.38. The number of hydrogen-bond donors (Lipinski definition) is 0. The molecule has 94 valence electrons. The lowest BCUT2D eigenvalue weighted by Crippen LogP contribution is -2.05. The molecule has 0 aliphatic heterocycles. The zero-order valence-electron chi connectivity index (χ0n) is 10.3. The van der Waals surface area contributed by atoms with Crippen molar-refractivity contribution in [3.63, 3.8) is 0 Å². The number of aromatic nitrogens is 2. The molecule has 1 aromatic heterocycles. The molecule has 0 saturated heterocycles. The summed E-state index contributed by atoms with van der Waals surface area (Å²) in [6, 6.07) is 4.18. The minimum absolute atomic E-state index is 0.282. The van der Waals surface area contributed by atoms with E-state index in [4.69, 9.17) is 0 Å². The molecule has 0 spiro atoms. The maximum Gasteiger partial charge on any atom is 0.297 e. The molecule has 0 radical (unpaired) electrons. The third-order valence-electron chi connectivity index (χ3n) is 2.69. The van der Waals surface area contributed by atoms with Crippen molar-refractivity contribution in [1.29, 1.82) is 0 Å². The van der Waals surface area contributed by atoms with E-state index in [1.54, 1.807) is 20.8 Å². The van der Waals surface area contributed by atoms with Crippen LogP contribution in [0.1, 0.15) is 17.0 Å². The Morgan fingerprint density at radius 3 is 2.44 bits per heavy atom. The Kier molecular flexibility index (Phi) is 2.86. The van der Waals surface area contributed by atoms with Crippen molar-refractivity contribution in [1.82, 2.24) is 9.78 Å². The molecule has 0 atom stereocenters. The van der Waals surface area contributed by atoms with E-state index in [9.17, 15) is 14.5 Å². The van der Waals surface area contributed by atoms with Gasteiger partial charge in [0.15, 0.2) is 0 Å². The molecule has 18 heavy (non-hydrogen) atoms. The van der Waals surface area contributed by atoms with Crippen molar-refractivity contribution in [2.24, 2.45) is 0 Å². The van der Waals surface area contributed by atoms with Crippen LogP contribution < -0.4 is 0 Å². The molecule has 0 bridgehead atoms. The number of nitro groups is 1. The third kappa shape index (κ3) is 1.97. The predicted octanol–water partition coefficient (Wildman–Crippen LogP) is 2.84. The number of nitro benzene ring substituents is 1. The van der Waals surface area contributed by atoms with Crippen molar-refractivity contribution in [3.8, 4) is 5.69 Å². The molecule has 1 aromatic carbocycles. The van der Waals surface area contributed by atoms with E-state index < -0.39 is 10.7 Å². The van der Waals surface area contributed by atoms with Crippen LogP contribution in [0.4, 0.5) is 10.1 Å². The lowest BCUT2D eigenvalue weighted by Gasteiger charge is -2.07. The monoisotopic (exact) mass is 249 g/mol. The first-order valence-electron chi connectivity index (χ1n) is 5.38. The van der Waals surface area contributed by atoms with Crippen molar-refractivity contribution >= 4 is 5.69 Å². The number of hydrogen-bond acceptors (Lipinski definition) is 3. The first-order chi connectivity index (χ1) is 8.40. The summed E-state index contributed by atoms with van der Waals surface area (Å²) in [5, 5.41) is 15.2. The van der Waals surface area contributed by atoms with Gasteiger partial charge in [-0.05, 0) is 38.5 Å². The normalized spacial score (nSPS) is 10.7. The molecule has 0 saturated carbocycles. The minimum Gasteiger partial charge on any atom is -0.258 e. The average Bonchev–Trinajstić information content (AvgIpc) is 2.61. The van der Waals surface area contributed by atoms with Gasteiger partial charge in [0.1, 0.15) is 11.5 Å². The van der Waals surface area contributed by atoms with Gasteiger partial charge in [-0.1, -0.05) is 0 Å². The van der Waals surface area contributed by atoms with E-state index in [-0.39, 0.29) is 11.4 Å². The van der Waals surface area contributed by atoms with Crippen LogP contribution in [-0.2, 0) is 0 Å². The van der Waals surface area contributed by atoms with Gasteiger partial charge in [0, 0.05) is 5.69 Å². The smallest absolute Gasteiger partial charge is 0.258 e. The van der Waals surface area contributed by atoms with Crippen LogP contribution in [0, 0.1) is 36.7 Å². The lowest BCUT2D eigenvalue weighted by molar-refractivity contribution is -0.384. The van der Waals surface area contributed by atoms with Crippen LogP contribution in [0.15, 0.2) is 18.2 Å². The SMILES string of the molecule is Cc1cc(C)n(-c2cc(C)c(F)cc2[N+](=O)[O-])n1. The summed E-state index contributed by atoms with van der Waals surface area (Å²) in [7, 11) is 0. The predicted molar refractivity (Wildman–Crippen MR) is 64.4 cm³/mol. The molecule has 0 fully saturated rings. The summed E-state index contributed by atoms with van der Waals surface area (Å²) >= 11 is 0. The highest BCUT2D eigenvalue weighted by Gasteiger charge is 2.20. The largest absolute Gasteiger partial charge is 0.297 e. The highest BCUT2D eigenvalue weighted by molar-refractivity contribution is 5.54. The zero-order valence-corrected chi connectivity index (χ0v) is 10.3. The molecule has 0 N–H and O–H groups in total. The molecule has 2 rings (SSSR count). The fourth-order valence-corrected chi connectivity index (χ4v) is 1.84. The van der Waals surface area contributed by atoms with E-state index >= 15 is 0 Å². The van der Waals surface area contributed by atoms with Crippen molar-refractivity contribution in [2.75, 3.05) is 0 Å². The zero-order chi connectivity index (χ0) is 13.4. The Balaban J connectivity index is 2.73. The molecule has 0 amide bonds. The third-order valence-corrected chi connectivity index (χ3v) is 2.69. The van der Waals surface area contributed by atoms with Crippen LogP contribution in [0.2, 0.25) is 0 Å². The van der Waals surface area contributed by atoms with Gasteiger partial charge in [0.05, 0.1) is 16.7 Å². The van der Waals surface area contributed by atoms with E-state index in [0.717, 1.165) is 17.5 Å². The van der Waals surface area contributed by atoms with Crippen molar-refractivity contribution in [3.05, 3.63) is 51.1 Å². The van der Waals surface area contributed by atoms with Gasteiger partial charge >= 0.3 is 0 Å². The van der Waals surface area contributed by atoms with Crippen LogP contribution in [0.25, 0.3) is 5.69 Å². The summed E-state index contributed by atoms with van der Waals surface area (Å²) in [6.07, 6.45) is 0. The molecule has 0 aliphatic carbocycles. The van der Waals surface area contributed by atoms with Gasteiger partial charge in [0.25, 0.3) is 5.69 Å². The van der Waals surface area contributed by atoms with Gasteiger partial charge in [-0.2, -0.15) is 5.10 Å². The van der Waals surface area contributed by atoms with E-state index in [2.05, 4.69) is 5.10 Å². The quantitative estimate of drug-likeness (QED) is 0.607. The molecule has 1 heterocycles. The van der Waals surface area contributed by atoms with Crippen molar-refractivity contribution < 1.29 is 9.31 Å². The summed E-state index contributed by atoms with van der Waals surface area (Å²) in [5.41, 5.74) is 1.86. The number of benzene rings is 1. The second-order valence-electron chi connectivity index (χ2n) is 4.19. The van der Waals surface area contributed by atoms with E-state index in [1.165, 1.54) is 10.7 Å². The second-order valence-corrected chi connectivity index (χ2v) is 4.19. The molecular formula is C12H12FN3O2. The lowest BCUT2D eigenvalue weighted by atomic mass is 10.2. The number of nitrogens with zero attached hydrogens (tertiary/aromatic N) is 3. The number of rotatable bonds is 2. The first kappa shape index (κ1) is 12.2. The topological polar surface area (TPSA) is 61.0 Å². The maximum absolute atomic E-state index is 13.4. The van der Waals surface area contributed by atoms with E-state index in [1.807, 2.05) is 6.07 Å². The fraction of sp³-hybridized carbons (Fsp3) is 0.250. The van der Waals surface area contributed by atoms with Crippen molar-refractivity contribution in [2.45, 2.75) is 20.8 Å². The fourth-order valence-electron chi connectivity index (χ4n) is 1.84. The number of halogens is 1. The maximum atomic E-state index is 13.4. The summed E-state index contributed by atoms with van der Waals surface area (Å²) in [4.78, 5) is 10.4. The highest BCUT2D eigenvalue weighted by Crippen LogP contribution is 2.27. The molecular weight excluding hydrogens is 237 g/mol. The molecule has 2 aromatic rings. The Morgan fingerprint density at radius 2 is 1.94 bits per heavy atom. The van der Waals surface area contributed by atoms with Crippen LogP contribution >= 0.6 is 0 Å². The summed E-state index contributed by atoms with van der Waals surface area (Å²) < 4.78 is 14.9. The standard InChI is InChI=1S/C12H12FN3O2/c1-7-4-11(12(16(17)18)6-10(7)13)15-9(3)5-8(2)14-15/h4-6H,1-3H3. The van der Waals surface area contributed by atoms with Crippen LogP contribution in [-0.4, -0.2) is 14.7 Å². The molecule has 5 nitrogen and oxygen atoms in total. The van der Waals surface area contributed by atoms with Crippen LogP contribution in [0.5, 0.6) is 0 Å². The highest BCUT2D eigenvalue weighted by atomic mass is 19.1. The van der Waals surface area contributed by atoms with Gasteiger partial charge < -0.3 is 0 Å². The van der Waals surface area contributed by atoms with Gasteiger partial charge in [-0.3, -0.25) is 10.1 Å². The Morgan fingerprint density at radius 1 is 1.28 bits per heavy atom. The Hall–Kier alpha value is -2.24. The van der Waals surface area contributed by atoms with Gasteiger partial charge in [-0.15, -0.1) is 0 Å². The second kappa shape index (κ2) is 4.21. The van der Waals surface area contributed by atoms with Crippen LogP contribution in [0.3, 0.4) is 0 Å². The minimum atomic E-state index is -0.603. The summed E-state index contributed by atoms with van der Waals surface area (Å²) in [6.45, 7) is 5.16. The molecule has 0 unspecified atom stereocenters. The summed E-state index contributed by atoms with van der Waals surface area (Å²) in [5.74, 6) is -0.591. The average molecular weight is 249 g/mol. The van der Waals surface area contributed by atoms with E-state index in [0.29, 0.717) is 5.56 Å². The number of aryl methyl sites for hydroxylation is 3.